The Morgan fingerprint density at radius 1 is 1.30 bits per heavy atom. The van der Waals surface area contributed by atoms with Gasteiger partial charge in [0, 0.05) is 37.3 Å². The standard InChI is InChI=1S/C18H29N3S2/c1-19-18(20-11-6-7-13-22-2)21-12-10-16(14-21)15-23-17-8-4-3-5-9-17/h3-5,8-9,16H,6-7,10-15H2,1-2H3,(H,19,20). The van der Waals surface area contributed by atoms with Crippen molar-refractivity contribution in [2.24, 2.45) is 10.9 Å². The second kappa shape index (κ2) is 10.9. The van der Waals surface area contributed by atoms with Gasteiger partial charge in [-0.3, -0.25) is 4.99 Å². The van der Waals surface area contributed by atoms with Crippen LogP contribution in [0.2, 0.25) is 0 Å². The van der Waals surface area contributed by atoms with Crippen LogP contribution in [0, 0.1) is 5.92 Å². The lowest BCUT2D eigenvalue weighted by Gasteiger charge is -2.21. The normalized spacial score (nSPS) is 18.4. The molecule has 0 saturated carbocycles. The van der Waals surface area contributed by atoms with Crippen molar-refractivity contribution < 1.29 is 0 Å². The van der Waals surface area contributed by atoms with E-state index in [2.05, 4.69) is 51.8 Å². The number of benzene rings is 1. The molecule has 3 nitrogen and oxygen atoms in total. The van der Waals surface area contributed by atoms with Gasteiger partial charge in [0.25, 0.3) is 0 Å². The molecule has 0 aromatic heterocycles. The summed E-state index contributed by atoms with van der Waals surface area (Å²) in [5.74, 6) is 4.30. The van der Waals surface area contributed by atoms with E-state index in [0.29, 0.717) is 0 Å². The highest BCUT2D eigenvalue weighted by molar-refractivity contribution is 7.99. The first-order valence-corrected chi connectivity index (χ1v) is 10.8. The average Bonchev–Trinajstić information content (AvgIpc) is 3.06. The highest BCUT2D eigenvalue weighted by Crippen LogP contribution is 2.25. The minimum atomic E-state index is 0.759. The number of hydrogen-bond acceptors (Lipinski definition) is 3. The Labute approximate surface area is 149 Å². The predicted octanol–water partition coefficient (Wildman–Crippen LogP) is 3.82. The second-order valence-corrected chi connectivity index (χ2v) is 7.98. The number of unbranched alkanes of at least 4 members (excludes halogenated alkanes) is 1. The minimum Gasteiger partial charge on any atom is -0.356 e. The molecule has 1 aliphatic rings. The molecule has 1 aromatic carbocycles. The van der Waals surface area contributed by atoms with Gasteiger partial charge in [-0.15, -0.1) is 11.8 Å². The summed E-state index contributed by atoms with van der Waals surface area (Å²) in [6.07, 6.45) is 5.94. The summed E-state index contributed by atoms with van der Waals surface area (Å²) in [7, 11) is 1.90. The molecule has 128 valence electrons. The van der Waals surface area contributed by atoms with Gasteiger partial charge in [-0.05, 0) is 49.3 Å². The first kappa shape index (κ1) is 18.5. The molecule has 0 amide bonds. The van der Waals surface area contributed by atoms with Crippen LogP contribution in [0.3, 0.4) is 0 Å². The third-order valence-corrected chi connectivity index (χ3v) is 6.02. The van der Waals surface area contributed by atoms with E-state index in [-0.39, 0.29) is 0 Å². The highest BCUT2D eigenvalue weighted by Gasteiger charge is 2.24. The Morgan fingerprint density at radius 2 is 2.13 bits per heavy atom. The molecule has 1 fully saturated rings. The largest absolute Gasteiger partial charge is 0.356 e. The molecule has 1 saturated heterocycles. The summed E-state index contributed by atoms with van der Waals surface area (Å²) < 4.78 is 0. The molecule has 23 heavy (non-hydrogen) atoms. The van der Waals surface area contributed by atoms with Gasteiger partial charge in [0.1, 0.15) is 0 Å². The van der Waals surface area contributed by atoms with Gasteiger partial charge < -0.3 is 10.2 Å². The first-order valence-electron chi connectivity index (χ1n) is 8.46. The van der Waals surface area contributed by atoms with E-state index < -0.39 is 0 Å². The number of aliphatic imine (C=N–C) groups is 1. The van der Waals surface area contributed by atoms with Crippen molar-refractivity contribution in [3.63, 3.8) is 0 Å². The molecule has 2 rings (SSSR count). The number of nitrogens with zero attached hydrogens (tertiary/aromatic N) is 2. The maximum absolute atomic E-state index is 4.46. The fourth-order valence-electron chi connectivity index (χ4n) is 2.80. The van der Waals surface area contributed by atoms with Crippen LogP contribution in [-0.4, -0.2) is 55.3 Å². The summed E-state index contributed by atoms with van der Waals surface area (Å²) in [5.41, 5.74) is 0. The zero-order valence-electron chi connectivity index (χ0n) is 14.3. The molecule has 1 aliphatic heterocycles. The van der Waals surface area contributed by atoms with Crippen molar-refractivity contribution in [3.8, 4) is 0 Å². The number of rotatable bonds is 8. The molecule has 1 unspecified atom stereocenters. The molecule has 1 aromatic rings. The van der Waals surface area contributed by atoms with Crippen molar-refractivity contribution >= 4 is 29.5 Å². The number of likely N-dealkylation sites (tertiary alicyclic amines) is 1. The lowest BCUT2D eigenvalue weighted by atomic mass is 10.2. The Morgan fingerprint density at radius 3 is 2.87 bits per heavy atom. The smallest absolute Gasteiger partial charge is 0.193 e. The lowest BCUT2D eigenvalue weighted by Crippen LogP contribution is -2.40. The van der Waals surface area contributed by atoms with Gasteiger partial charge >= 0.3 is 0 Å². The SMILES string of the molecule is CN=C(NCCCCSC)N1CCC(CSc2ccccc2)C1. The van der Waals surface area contributed by atoms with E-state index >= 15 is 0 Å². The van der Waals surface area contributed by atoms with Gasteiger partial charge in [-0.1, -0.05) is 18.2 Å². The monoisotopic (exact) mass is 351 g/mol. The molecule has 1 heterocycles. The Kier molecular flexibility index (Phi) is 8.76. The Balaban J connectivity index is 1.68. The quantitative estimate of drug-likeness (QED) is 0.333. The zero-order chi connectivity index (χ0) is 16.3. The van der Waals surface area contributed by atoms with Crippen LogP contribution in [-0.2, 0) is 0 Å². The molecular weight excluding hydrogens is 322 g/mol. The van der Waals surface area contributed by atoms with E-state index in [1.54, 1.807) is 0 Å². The molecule has 5 heteroatoms. The van der Waals surface area contributed by atoms with Crippen molar-refractivity contribution in [1.82, 2.24) is 10.2 Å². The number of hydrogen-bond donors (Lipinski definition) is 1. The fraction of sp³-hybridized carbons (Fsp3) is 0.611. The van der Waals surface area contributed by atoms with E-state index in [0.717, 1.165) is 31.5 Å². The third-order valence-electron chi connectivity index (χ3n) is 4.08. The van der Waals surface area contributed by atoms with Crippen LogP contribution >= 0.6 is 23.5 Å². The predicted molar refractivity (Wildman–Crippen MR) is 106 cm³/mol. The lowest BCUT2D eigenvalue weighted by molar-refractivity contribution is 0.473. The maximum atomic E-state index is 4.46. The van der Waals surface area contributed by atoms with Gasteiger partial charge in [0.15, 0.2) is 5.96 Å². The maximum Gasteiger partial charge on any atom is 0.193 e. The van der Waals surface area contributed by atoms with Crippen molar-refractivity contribution in [1.29, 1.82) is 0 Å². The topological polar surface area (TPSA) is 27.6 Å². The number of guanidine groups is 1. The number of nitrogens with one attached hydrogen (secondary N) is 1. The molecule has 1 atom stereocenters. The second-order valence-electron chi connectivity index (χ2n) is 5.90. The van der Waals surface area contributed by atoms with Crippen LogP contribution in [0.25, 0.3) is 0 Å². The van der Waals surface area contributed by atoms with Crippen LogP contribution in [0.1, 0.15) is 19.3 Å². The highest BCUT2D eigenvalue weighted by atomic mass is 32.2. The Hall–Kier alpha value is -0.810. The fourth-order valence-corrected chi connectivity index (χ4v) is 4.34. The molecule has 0 spiro atoms. The van der Waals surface area contributed by atoms with Crippen molar-refractivity contribution in [3.05, 3.63) is 30.3 Å². The number of thioether (sulfide) groups is 2. The molecule has 1 N–H and O–H groups in total. The molecule has 0 radical (unpaired) electrons. The van der Waals surface area contributed by atoms with Crippen molar-refractivity contribution in [2.45, 2.75) is 24.2 Å². The van der Waals surface area contributed by atoms with Crippen molar-refractivity contribution in [2.75, 3.05) is 44.4 Å². The summed E-state index contributed by atoms with van der Waals surface area (Å²) in [6, 6.07) is 10.7. The van der Waals surface area contributed by atoms with E-state index in [1.807, 2.05) is 30.6 Å². The Bertz CT molecular complexity index is 465. The van der Waals surface area contributed by atoms with Crippen LogP contribution in [0.4, 0.5) is 0 Å². The van der Waals surface area contributed by atoms with Crippen LogP contribution in [0.5, 0.6) is 0 Å². The van der Waals surface area contributed by atoms with Gasteiger partial charge in [0.05, 0.1) is 0 Å². The average molecular weight is 352 g/mol. The third kappa shape index (κ3) is 6.68. The van der Waals surface area contributed by atoms with Gasteiger partial charge in [-0.2, -0.15) is 11.8 Å². The molecule has 0 aliphatic carbocycles. The van der Waals surface area contributed by atoms with E-state index in [9.17, 15) is 0 Å². The van der Waals surface area contributed by atoms with Gasteiger partial charge in [0.2, 0.25) is 0 Å². The van der Waals surface area contributed by atoms with Crippen LogP contribution < -0.4 is 5.32 Å². The summed E-state index contributed by atoms with van der Waals surface area (Å²) in [5, 5.41) is 3.52. The van der Waals surface area contributed by atoms with E-state index in [1.165, 1.54) is 35.7 Å². The van der Waals surface area contributed by atoms with E-state index in [4.69, 9.17) is 0 Å². The summed E-state index contributed by atoms with van der Waals surface area (Å²) in [4.78, 5) is 8.26. The van der Waals surface area contributed by atoms with Crippen LogP contribution in [0.15, 0.2) is 40.2 Å². The first-order chi connectivity index (χ1) is 11.3. The molecule has 0 bridgehead atoms. The summed E-state index contributed by atoms with van der Waals surface area (Å²) >= 11 is 3.90. The zero-order valence-corrected chi connectivity index (χ0v) is 16.0. The molecular formula is C18H29N3S2. The summed E-state index contributed by atoms with van der Waals surface area (Å²) in [6.45, 7) is 3.29. The minimum absolute atomic E-state index is 0.759. The van der Waals surface area contributed by atoms with Gasteiger partial charge in [-0.25, -0.2) is 0 Å².